The van der Waals surface area contributed by atoms with Gasteiger partial charge in [0.25, 0.3) is 0 Å². The molecule has 1 N–H and O–H groups in total. The van der Waals surface area contributed by atoms with Crippen molar-refractivity contribution in [2.45, 2.75) is 25.7 Å². The van der Waals surface area contributed by atoms with Gasteiger partial charge in [-0.25, -0.2) is 9.97 Å². The van der Waals surface area contributed by atoms with Crippen LogP contribution in [0.3, 0.4) is 0 Å². The van der Waals surface area contributed by atoms with E-state index in [9.17, 15) is 0 Å². The van der Waals surface area contributed by atoms with Crippen LogP contribution in [0, 0.1) is 6.92 Å². The number of hydrogen-bond donors (Lipinski definition) is 1. The molecule has 2 aromatic rings. The van der Waals surface area contributed by atoms with Crippen LogP contribution in [0.2, 0.25) is 0 Å². The van der Waals surface area contributed by atoms with E-state index >= 15 is 0 Å². The van der Waals surface area contributed by atoms with E-state index in [4.69, 9.17) is 0 Å². The number of fused-ring (bicyclic) bond motifs is 1. The SMILES string of the molecule is CNc1nc(C2CC2)nc2sc(C)cc12. The molecule has 1 saturated carbocycles. The summed E-state index contributed by atoms with van der Waals surface area (Å²) in [5.41, 5.74) is 0. The summed E-state index contributed by atoms with van der Waals surface area (Å²) in [6.45, 7) is 2.11. The first-order chi connectivity index (χ1) is 7.28. The Morgan fingerprint density at radius 1 is 1.40 bits per heavy atom. The second-order valence-electron chi connectivity index (χ2n) is 4.03. The number of nitrogens with one attached hydrogen (secondary N) is 1. The molecule has 1 aliphatic rings. The predicted molar refractivity (Wildman–Crippen MR) is 63.7 cm³/mol. The number of thiophene rings is 1. The van der Waals surface area contributed by atoms with E-state index in [1.165, 1.54) is 17.7 Å². The van der Waals surface area contributed by atoms with Crippen LogP contribution >= 0.6 is 11.3 Å². The van der Waals surface area contributed by atoms with Gasteiger partial charge in [-0.1, -0.05) is 0 Å². The maximum absolute atomic E-state index is 4.63. The van der Waals surface area contributed by atoms with Crippen molar-refractivity contribution in [2.75, 3.05) is 12.4 Å². The van der Waals surface area contributed by atoms with Gasteiger partial charge in [-0.2, -0.15) is 0 Å². The Bertz CT molecular complexity index is 514. The molecule has 3 rings (SSSR count). The van der Waals surface area contributed by atoms with Crippen molar-refractivity contribution in [3.8, 4) is 0 Å². The van der Waals surface area contributed by atoms with E-state index in [2.05, 4.69) is 28.3 Å². The molecule has 0 atom stereocenters. The number of aromatic nitrogens is 2. The van der Waals surface area contributed by atoms with E-state index in [-0.39, 0.29) is 0 Å². The average Bonchev–Trinajstić information content (AvgIpc) is 2.99. The van der Waals surface area contributed by atoms with Gasteiger partial charge < -0.3 is 5.32 Å². The maximum Gasteiger partial charge on any atom is 0.138 e. The van der Waals surface area contributed by atoms with Crippen LogP contribution in [-0.2, 0) is 0 Å². The fourth-order valence-corrected chi connectivity index (χ4v) is 2.66. The molecule has 0 radical (unpaired) electrons. The van der Waals surface area contributed by atoms with Gasteiger partial charge in [-0.3, -0.25) is 0 Å². The van der Waals surface area contributed by atoms with Gasteiger partial charge in [0.1, 0.15) is 16.5 Å². The van der Waals surface area contributed by atoms with Gasteiger partial charge in [0.2, 0.25) is 0 Å². The van der Waals surface area contributed by atoms with Gasteiger partial charge in [0.05, 0.1) is 5.39 Å². The second-order valence-corrected chi connectivity index (χ2v) is 5.27. The third kappa shape index (κ3) is 1.49. The molecule has 0 spiro atoms. The fraction of sp³-hybridized carbons (Fsp3) is 0.455. The van der Waals surface area contributed by atoms with Crippen molar-refractivity contribution in [3.63, 3.8) is 0 Å². The van der Waals surface area contributed by atoms with Crippen LogP contribution in [0.1, 0.15) is 29.5 Å². The summed E-state index contributed by atoms with van der Waals surface area (Å²) in [6.07, 6.45) is 2.50. The second kappa shape index (κ2) is 3.17. The van der Waals surface area contributed by atoms with Crippen LogP contribution in [0.15, 0.2) is 6.07 Å². The molecule has 3 nitrogen and oxygen atoms in total. The zero-order valence-corrected chi connectivity index (χ0v) is 9.69. The molecule has 2 aromatic heterocycles. The third-order valence-electron chi connectivity index (χ3n) is 2.71. The molecule has 0 amide bonds. The van der Waals surface area contributed by atoms with E-state index in [0.29, 0.717) is 5.92 Å². The molecule has 15 heavy (non-hydrogen) atoms. The van der Waals surface area contributed by atoms with Crippen LogP contribution in [0.5, 0.6) is 0 Å². The van der Waals surface area contributed by atoms with Crippen molar-refractivity contribution < 1.29 is 0 Å². The Hall–Kier alpha value is -1.16. The minimum absolute atomic E-state index is 0.615. The Kier molecular flexibility index (Phi) is 1.92. The highest BCUT2D eigenvalue weighted by Gasteiger charge is 2.27. The first-order valence-electron chi connectivity index (χ1n) is 5.24. The van der Waals surface area contributed by atoms with E-state index in [0.717, 1.165) is 21.9 Å². The van der Waals surface area contributed by atoms with Gasteiger partial charge in [0, 0.05) is 17.8 Å². The van der Waals surface area contributed by atoms with E-state index < -0.39 is 0 Å². The first kappa shape index (κ1) is 9.09. The lowest BCUT2D eigenvalue weighted by molar-refractivity contribution is 0.952. The lowest BCUT2D eigenvalue weighted by Crippen LogP contribution is -1.98. The Labute approximate surface area is 92.6 Å². The summed E-state index contributed by atoms with van der Waals surface area (Å²) in [5, 5.41) is 4.32. The molecule has 2 heterocycles. The molecule has 1 aliphatic carbocycles. The lowest BCUT2D eigenvalue weighted by atomic mass is 10.3. The highest BCUT2D eigenvalue weighted by Crippen LogP contribution is 2.40. The van der Waals surface area contributed by atoms with Gasteiger partial charge >= 0.3 is 0 Å². The standard InChI is InChI=1S/C11H13N3S/c1-6-5-8-10(12-2)13-9(7-3-4-7)14-11(8)15-6/h5,7H,3-4H2,1-2H3,(H,12,13,14). The summed E-state index contributed by atoms with van der Waals surface area (Å²) in [5.74, 6) is 2.61. The largest absolute Gasteiger partial charge is 0.372 e. The number of aryl methyl sites for hydroxylation is 1. The summed E-state index contributed by atoms with van der Waals surface area (Å²) < 4.78 is 0. The van der Waals surface area contributed by atoms with Crippen molar-refractivity contribution >= 4 is 27.4 Å². The highest BCUT2D eigenvalue weighted by molar-refractivity contribution is 7.18. The molecule has 0 aliphatic heterocycles. The van der Waals surface area contributed by atoms with Crippen LogP contribution < -0.4 is 5.32 Å². The third-order valence-corrected chi connectivity index (χ3v) is 3.66. The molecule has 1 fully saturated rings. The summed E-state index contributed by atoms with van der Waals surface area (Å²) in [7, 11) is 1.92. The number of rotatable bonds is 2. The van der Waals surface area contributed by atoms with Crippen LogP contribution in [-0.4, -0.2) is 17.0 Å². The Balaban J connectivity index is 2.24. The minimum Gasteiger partial charge on any atom is -0.372 e. The first-order valence-corrected chi connectivity index (χ1v) is 6.05. The topological polar surface area (TPSA) is 37.8 Å². The molecule has 0 unspecified atom stereocenters. The van der Waals surface area contributed by atoms with Crippen molar-refractivity contribution in [1.29, 1.82) is 0 Å². The molecule has 0 aromatic carbocycles. The lowest BCUT2D eigenvalue weighted by Gasteiger charge is -2.03. The minimum atomic E-state index is 0.615. The van der Waals surface area contributed by atoms with Crippen molar-refractivity contribution in [1.82, 2.24) is 9.97 Å². The van der Waals surface area contributed by atoms with Crippen LogP contribution in [0.25, 0.3) is 10.2 Å². The van der Waals surface area contributed by atoms with E-state index in [1.807, 2.05) is 7.05 Å². The summed E-state index contributed by atoms with van der Waals surface area (Å²) in [4.78, 5) is 11.6. The van der Waals surface area contributed by atoms with E-state index in [1.54, 1.807) is 11.3 Å². The zero-order chi connectivity index (χ0) is 10.4. The van der Waals surface area contributed by atoms with Crippen molar-refractivity contribution in [3.05, 3.63) is 16.8 Å². The molecule has 4 heteroatoms. The van der Waals surface area contributed by atoms with Crippen molar-refractivity contribution in [2.24, 2.45) is 0 Å². The maximum atomic E-state index is 4.63. The predicted octanol–water partition coefficient (Wildman–Crippen LogP) is 2.92. The van der Waals surface area contributed by atoms with Gasteiger partial charge in [-0.05, 0) is 25.8 Å². The monoisotopic (exact) mass is 219 g/mol. The normalized spacial score (nSPS) is 15.9. The fourth-order valence-electron chi connectivity index (χ4n) is 1.77. The molecule has 0 bridgehead atoms. The molecule has 0 saturated heterocycles. The summed E-state index contributed by atoms with van der Waals surface area (Å²) in [6, 6.07) is 2.16. The van der Waals surface area contributed by atoms with Gasteiger partial charge in [-0.15, -0.1) is 11.3 Å². The molecular weight excluding hydrogens is 206 g/mol. The number of anilines is 1. The Morgan fingerprint density at radius 3 is 2.87 bits per heavy atom. The van der Waals surface area contributed by atoms with Gasteiger partial charge in [0.15, 0.2) is 0 Å². The quantitative estimate of drug-likeness (QED) is 0.844. The Morgan fingerprint density at radius 2 is 2.20 bits per heavy atom. The smallest absolute Gasteiger partial charge is 0.138 e. The zero-order valence-electron chi connectivity index (χ0n) is 8.87. The summed E-state index contributed by atoms with van der Waals surface area (Å²) >= 11 is 1.75. The molecule has 78 valence electrons. The molecular formula is C11H13N3S. The highest BCUT2D eigenvalue weighted by atomic mass is 32.1. The average molecular weight is 219 g/mol. The van der Waals surface area contributed by atoms with Crippen LogP contribution in [0.4, 0.5) is 5.82 Å². The number of nitrogens with zero attached hydrogens (tertiary/aromatic N) is 2. The number of hydrogen-bond acceptors (Lipinski definition) is 4.